The van der Waals surface area contributed by atoms with Crippen LogP contribution in [0.5, 0.6) is 17.2 Å². The highest BCUT2D eigenvalue weighted by Crippen LogP contribution is 2.34. The zero-order valence-corrected chi connectivity index (χ0v) is 15.6. The number of hydrogen-bond acceptors (Lipinski definition) is 6. The van der Waals surface area contributed by atoms with E-state index in [4.69, 9.17) is 17.0 Å². The van der Waals surface area contributed by atoms with Crippen LogP contribution in [0.15, 0.2) is 47.4 Å². The first-order chi connectivity index (χ1) is 12.5. The van der Waals surface area contributed by atoms with Crippen molar-refractivity contribution in [2.75, 3.05) is 13.7 Å². The van der Waals surface area contributed by atoms with Crippen molar-refractivity contribution in [3.05, 3.63) is 58.5 Å². The lowest BCUT2D eigenvalue weighted by atomic mass is 10.1. The van der Waals surface area contributed by atoms with Crippen molar-refractivity contribution in [3.8, 4) is 17.2 Å². The molecule has 1 fully saturated rings. The minimum Gasteiger partial charge on any atom is -0.508 e. The lowest BCUT2D eigenvalue weighted by Gasteiger charge is -2.14. The Morgan fingerprint density at radius 2 is 1.92 bits per heavy atom. The van der Waals surface area contributed by atoms with Crippen LogP contribution in [0.2, 0.25) is 0 Å². The third kappa shape index (κ3) is 4.00. The lowest BCUT2D eigenvalue weighted by molar-refractivity contribution is -0.122. The zero-order valence-electron chi connectivity index (χ0n) is 14.0. The number of aromatic hydroxyl groups is 2. The third-order valence-electron chi connectivity index (χ3n) is 3.94. The fourth-order valence-electron chi connectivity index (χ4n) is 2.53. The van der Waals surface area contributed by atoms with E-state index in [2.05, 4.69) is 0 Å². The number of amides is 1. The number of thioether (sulfide) groups is 1. The Hall–Kier alpha value is -2.51. The van der Waals surface area contributed by atoms with Crippen molar-refractivity contribution in [1.29, 1.82) is 0 Å². The van der Waals surface area contributed by atoms with Crippen LogP contribution in [0.25, 0.3) is 6.08 Å². The van der Waals surface area contributed by atoms with Crippen LogP contribution in [0.4, 0.5) is 0 Å². The van der Waals surface area contributed by atoms with Gasteiger partial charge in [-0.15, -0.1) is 0 Å². The molecule has 0 saturated carbocycles. The van der Waals surface area contributed by atoms with E-state index in [1.54, 1.807) is 35.2 Å². The highest BCUT2D eigenvalue weighted by molar-refractivity contribution is 8.26. The highest BCUT2D eigenvalue weighted by atomic mass is 32.2. The van der Waals surface area contributed by atoms with Crippen LogP contribution in [0.3, 0.4) is 0 Å². The maximum absolute atomic E-state index is 12.6. The molecule has 0 atom stereocenters. The van der Waals surface area contributed by atoms with E-state index in [0.29, 0.717) is 27.9 Å². The van der Waals surface area contributed by atoms with Crippen LogP contribution < -0.4 is 4.74 Å². The molecule has 5 nitrogen and oxygen atoms in total. The Morgan fingerprint density at radius 3 is 2.62 bits per heavy atom. The van der Waals surface area contributed by atoms with E-state index in [1.165, 1.54) is 24.9 Å². The van der Waals surface area contributed by atoms with Gasteiger partial charge < -0.3 is 14.9 Å². The van der Waals surface area contributed by atoms with Gasteiger partial charge in [0.2, 0.25) is 0 Å². The molecule has 1 heterocycles. The Balaban J connectivity index is 1.72. The fourth-order valence-corrected chi connectivity index (χ4v) is 3.84. The predicted octanol–water partition coefficient (Wildman–Crippen LogP) is 3.55. The van der Waals surface area contributed by atoms with Gasteiger partial charge in [0.25, 0.3) is 5.91 Å². The molecule has 0 unspecified atom stereocenters. The van der Waals surface area contributed by atoms with Crippen molar-refractivity contribution in [3.63, 3.8) is 0 Å². The van der Waals surface area contributed by atoms with E-state index in [9.17, 15) is 15.0 Å². The Morgan fingerprint density at radius 1 is 1.19 bits per heavy atom. The summed E-state index contributed by atoms with van der Waals surface area (Å²) in [5, 5.41) is 19.0. The number of ether oxygens (including phenoxy) is 1. The van der Waals surface area contributed by atoms with Crippen LogP contribution >= 0.6 is 24.0 Å². The minimum atomic E-state index is -0.133. The Labute approximate surface area is 160 Å². The largest absolute Gasteiger partial charge is 0.508 e. The number of nitrogens with zero attached hydrogens (tertiary/aromatic N) is 1. The summed E-state index contributed by atoms with van der Waals surface area (Å²) >= 11 is 6.60. The summed E-state index contributed by atoms with van der Waals surface area (Å²) in [5.41, 5.74) is 1.77. The maximum Gasteiger partial charge on any atom is 0.266 e. The van der Waals surface area contributed by atoms with Crippen molar-refractivity contribution < 1.29 is 19.7 Å². The first kappa shape index (κ1) is 18.3. The molecule has 26 heavy (non-hydrogen) atoms. The van der Waals surface area contributed by atoms with Crippen LogP contribution in [0.1, 0.15) is 11.1 Å². The van der Waals surface area contributed by atoms with Crippen molar-refractivity contribution >= 4 is 40.3 Å². The molecule has 2 aromatic rings. The second-order valence-electron chi connectivity index (χ2n) is 5.68. The summed E-state index contributed by atoms with van der Waals surface area (Å²) in [6.45, 7) is 0.478. The van der Waals surface area contributed by atoms with Crippen molar-refractivity contribution in [2.45, 2.75) is 6.42 Å². The number of hydrogen-bond donors (Lipinski definition) is 2. The molecule has 0 radical (unpaired) electrons. The number of phenolic OH excluding ortho intramolecular Hbond substituents is 2. The van der Waals surface area contributed by atoms with Gasteiger partial charge in [-0.25, -0.2) is 0 Å². The van der Waals surface area contributed by atoms with E-state index < -0.39 is 0 Å². The van der Waals surface area contributed by atoms with Gasteiger partial charge in [0.05, 0.1) is 12.0 Å². The molecule has 2 aromatic carbocycles. The molecule has 0 spiro atoms. The second kappa shape index (κ2) is 7.80. The number of thiocarbonyl (C=S) groups is 1. The number of methoxy groups -OCH3 is 1. The topological polar surface area (TPSA) is 70.0 Å². The summed E-state index contributed by atoms with van der Waals surface area (Å²) in [6, 6.07) is 11.8. The number of carbonyl (C=O) groups excluding carboxylic acids is 1. The molecule has 0 bridgehead atoms. The summed E-state index contributed by atoms with van der Waals surface area (Å²) in [5.74, 6) is 0.477. The molecule has 0 aromatic heterocycles. The SMILES string of the molecule is COc1cc(/C=C2\SC(=S)N(CCc3ccc(O)cc3)C2=O)ccc1O. The van der Waals surface area contributed by atoms with Gasteiger partial charge in [-0.1, -0.05) is 42.2 Å². The van der Waals surface area contributed by atoms with Gasteiger partial charge in [-0.05, 0) is 47.9 Å². The monoisotopic (exact) mass is 387 g/mol. The van der Waals surface area contributed by atoms with E-state index >= 15 is 0 Å². The molecule has 1 aliphatic rings. The minimum absolute atomic E-state index is 0.0473. The maximum atomic E-state index is 12.6. The molecule has 3 rings (SSSR count). The zero-order chi connectivity index (χ0) is 18.7. The molecule has 134 valence electrons. The smallest absolute Gasteiger partial charge is 0.266 e. The summed E-state index contributed by atoms with van der Waals surface area (Å²) < 4.78 is 5.61. The Bertz CT molecular complexity index is 878. The van der Waals surface area contributed by atoms with Gasteiger partial charge in [-0.3, -0.25) is 9.69 Å². The molecular formula is C19H17NO4S2. The first-order valence-corrected chi connectivity index (χ1v) is 9.10. The Kier molecular flexibility index (Phi) is 5.49. The van der Waals surface area contributed by atoms with Crippen LogP contribution in [-0.4, -0.2) is 39.0 Å². The molecular weight excluding hydrogens is 370 g/mol. The van der Waals surface area contributed by atoms with Gasteiger partial charge in [0.15, 0.2) is 11.5 Å². The van der Waals surface area contributed by atoms with Crippen molar-refractivity contribution in [2.24, 2.45) is 0 Å². The number of rotatable bonds is 5. The summed E-state index contributed by atoms with van der Waals surface area (Å²) in [7, 11) is 1.47. The van der Waals surface area contributed by atoms with E-state index in [1.807, 2.05) is 12.1 Å². The van der Waals surface area contributed by atoms with Gasteiger partial charge in [0.1, 0.15) is 10.1 Å². The number of benzene rings is 2. The second-order valence-corrected chi connectivity index (χ2v) is 7.36. The molecule has 1 aliphatic heterocycles. The normalized spacial score (nSPS) is 15.7. The van der Waals surface area contributed by atoms with Gasteiger partial charge >= 0.3 is 0 Å². The van der Waals surface area contributed by atoms with Gasteiger partial charge in [-0.2, -0.15) is 0 Å². The lowest BCUT2D eigenvalue weighted by Crippen LogP contribution is -2.30. The number of carbonyl (C=O) groups is 1. The van der Waals surface area contributed by atoms with Crippen LogP contribution in [-0.2, 0) is 11.2 Å². The standard InChI is InChI=1S/C19H17NO4S2/c1-24-16-10-13(4-7-15(16)22)11-17-18(23)20(19(25)26-17)9-8-12-2-5-14(21)6-3-12/h2-7,10-11,21-22H,8-9H2,1H3/b17-11-. The molecule has 7 heteroatoms. The third-order valence-corrected chi connectivity index (χ3v) is 5.31. The fraction of sp³-hybridized carbons (Fsp3) is 0.158. The summed E-state index contributed by atoms with van der Waals surface area (Å²) in [4.78, 5) is 14.8. The molecule has 1 amide bonds. The molecule has 1 saturated heterocycles. The van der Waals surface area contributed by atoms with Crippen LogP contribution in [0, 0.1) is 0 Å². The average Bonchev–Trinajstić information content (AvgIpc) is 2.89. The molecule has 2 N–H and O–H groups in total. The first-order valence-electron chi connectivity index (χ1n) is 7.88. The van der Waals surface area contributed by atoms with E-state index in [0.717, 1.165) is 11.1 Å². The summed E-state index contributed by atoms with van der Waals surface area (Å²) in [6.07, 6.45) is 2.38. The predicted molar refractivity (Wildman–Crippen MR) is 106 cm³/mol. The van der Waals surface area contributed by atoms with E-state index in [-0.39, 0.29) is 17.4 Å². The van der Waals surface area contributed by atoms with Gasteiger partial charge in [0, 0.05) is 6.54 Å². The highest BCUT2D eigenvalue weighted by Gasteiger charge is 2.31. The van der Waals surface area contributed by atoms with Crippen molar-refractivity contribution in [1.82, 2.24) is 4.90 Å². The quantitative estimate of drug-likeness (QED) is 0.604. The molecule has 0 aliphatic carbocycles. The average molecular weight is 387 g/mol. The number of phenols is 2.